The first-order valence-corrected chi connectivity index (χ1v) is 16.0. The van der Waals surface area contributed by atoms with Crippen LogP contribution in [0.5, 0.6) is 0 Å². The van der Waals surface area contributed by atoms with E-state index in [4.69, 9.17) is 6.58 Å². The van der Waals surface area contributed by atoms with Gasteiger partial charge < -0.3 is 0 Å². The highest BCUT2D eigenvalue weighted by Gasteiger charge is 2.60. The molecule has 0 saturated heterocycles. The summed E-state index contributed by atoms with van der Waals surface area (Å²) in [4.78, 5) is 0. The molecule has 38 heavy (non-hydrogen) atoms. The molecule has 2 rings (SSSR count). The molecule has 0 aromatic carbocycles. The Morgan fingerprint density at radius 1 is 0.868 bits per heavy atom. The molecule has 6 unspecified atom stereocenters. The van der Waals surface area contributed by atoms with E-state index in [0.29, 0.717) is 34.5 Å². The third kappa shape index (κ3) is 8.01. The molecular formula is C38H66. The zero-order valence-corrected chi connectivity index (χ0v) is 27.7. The highest BCUT2D eigenvalue weighted by atomic mass is 14.6. The summed E-state index contributed by atoms with van der Waals surface area (Å²) >= 11 is 0. The van der Waals surface area contributed by atoms with Crippen molar-refractivity contribution in [2.24, 2.45) is 57.7 Å². The maximum Gasteiger partial charge on any atom is -0.0120 e. The first-order valence-electron chi connectivity index (χ1n) is 16.0. The standard InChI is InChI=1S/C38H66/c1-16-30(36(8,9)10)21-26(5)22-34(37(11,12)13)27(6)23-32(35-33(17-2)38(35,14)15)31(28(7)25(3)4)24-29-19-18-20-29/h29-35H,3,5-7,16-24H2,1-2,4,8-15H3. The van der Waals surface area contributed by atoms with Gasteiger partial charge >= 0.3 is 0 Å². The Labute approximate surface area is 239 Å². The van der Waals surface area contributed by atoms with Crippen LogP contribution in [0.3, 0.4) is 0 Å². The summed E-state index contributed by atoms with van der Waals surface area (Å²) in [7, 11) is 0. The molecule has 2 saturated carbocycles. The summed E-state index contributed by atoms with van der Waals surface area (Å²) in [6.07, 6.45) is 11.3. The first-order chi connectivity index (χ1) is 17.4. The number of hydrogen-bond acceptors (Lipinski definition) is 0. The second-order valence-electron chi connectivity index (χ2n) is 16.4. The quantitative estimate of drug-likeness (QED) is 0.148. The van der Waals surface area contributed by atoms with Crippen molar-refractivity contribution < 1.29 is 0 Å². The second kappa shape index (κ2) is 12.6. The Bertz CT molecular complexity index is 845. The molecule has 0 aromatic rings. The van der Waals surface area contributed by atoms with Gasteiger partial charge in [0.15, 0.2) is 0 Å². The van der Waals surface area contributed by atoms with E-state index in [1.165, 1.54) is 60.8 Å². The zero-order valence-electron chi connectivity index (χ0n) is 27.7. The molecule has 0 radical (unpaired) electrons. The van der Waals surface area contributed by atoms with Crippen LogP contribution in [0.15, 0.2) is 48.6 Å². The van der Waals surface area contributed by atoms with Crippen molar-refractivity contribution >= 4 is 0 Å². The molecule has 0 spiro atoms. The Hall–Kier alpha value is -1.04. The number of hydrogen-bond donors (Lipinski definition) is 0. The van der Waals surface area contributed by atoms with Crippen molar-refractivity contribution in [2.75, 3.05) is 0 Å². The summed E-state index contributed by atoms with van der Waals surface area (Å²) in [5.74, 6) is 4.71. The molecule has 2 fully saturated rings. The fraction of sp³-hybridized carbons (Fsp3) is 0.789. The summed E-state index contributed by atoms with van der Waals surface area (Å²) in [5, 5.41) is 0. The molecule has 0 aromatic heterocycles. The van der Waals surface area contributed by atoms with Gasteiger partial charge in [-0.05, 0) is 95.9 Å². The van der Waals surface area contributed by atoms with Gasteiger partial charge in [-0.3, -0.25) is 0 Å². The molecule has 0 aliphatic heterocycles. The van der Waals surface area contributed by atoms with E-state index in [2.05, 4.69) is 95.9 Å². The summed E-state index contributed by atoms with van der Waals surface area (Å²) in [6, 6.07) is 0. The Morgan fingerprint density at radius 2 is 1.45 bits per heavy atom. The van der Waals surface area contributed by atoms with Crippen LogP contribution in [-0.2, 0) is 0 Å². The lowest BCUT2D eigenvalue weighted by atomic mass is 9.65. The molecule has 0 N–H and O–H groups in total. The Balaban J connectivity index is 2.36. The second-order valence-corrected chi connectivity index (χ2v) is 16.4. The van der Waals surface area contributed by atoms with E-state index in [1.54, 1.807) is 0 Å². The van der Waals surface area contributed by atoms with E-state index in [1.807, 2.05) is 0 Å². The van der Waals surface area contributed by atoms with Crippen LogP contribution >= 0.6 is 0 Å². The summed E-state index contributed by atoms with van der Waals surface area (Å²) < 4.78 is 0. The maximum absolute atomic E-state index is 4.88. The Morgan fingerprint density at radius 3 is 1.82 bits per heavy atom. The van der Waals surface area contributed by atoms with Crippen molar-refractivity contribution in [3.8, 4) is 0 Å². The third-order valence-electron chi connectivity index (χ3n) is 11.1. The zero-order chi connectivity index (χ0) is 29.2. The minimum Gasteiger partial charge on any atom is -0.0998 e. The molecule has 2 aliphatic carbocycles. The van der Waals surface area contributed by atoms with Crippen molar-refractivity contribution in [3.05, 3.63) is 48.6 Å². The van der Waals surface area contributed by atoms with Crippen molar-refractivity contribution in [1.29, 1.82) is 0 Å². The third-order valence-corrected chi connectivity index (χ3v) is 11.1. The van der Waals surface area contributed by atoms with Crippen molar-refractivity contribution in [2.45, 2.75) is 134 Å². The first kappa shape index (κ1) is 33.2. The van der Waals surface area contributed by atoms with Crippen molar-refractivity contribution in [1.82, 2.24) is 0 Å². The van der Waals surface area contributed by atoms with E-state index >= 15 is 0 Å². The SMILES string of the molecule is C=C(CC(CC)C(C)(C)C)CC(C(=C)CC(C(CC1CCC1)C(=C)C(=C)C)C1C(CC)C1(C)C)C(C)(C)C. The lowest BCUT2D eigenvalue weighted by Gasteiger charge is -2.40. The van der Waals surface area contributed by atoms with Crippen LogP contribution in [-0.4, -0.2) is 0 Å². The molecule has 6 atom stereocenters. The van der Waals surface area contributed by atoms with Gasteiger partial charge in [-0.25, -0.2) is 0 Å². The fourth-order valence-corrected chi connectivity index (χ4v) is 8.21. The molecular weight excluding hydrogens is 456 g/mol. The predicted molar refractivity (Wildman–Crippen MR) is 172 cm³/mol. The van der Waals surface area contributed by atoms with Crippen LogP contribution in [0.1, 0.15) is 134 Å². The van der Waals surface area contributed by atoms with Gasteiger partial charge in [0.05, 0.1) is 0 Å². The normalized spacial score (nSPS) is 24.6. The van der Waals surface area contributed by atoms with Gasteiger partial charge in [0.25, 0.3) is 0 Å². The van der Waals surface area contributed by atoms with Gasteiger partial charge in [-0.15, -0.1) is 0 Å². The van der Waals surface area contributed by atoms with Crippen LogP contribution in [0.25, 0.3) is 0 Å². The monoisotopic (exact) mass is 523 g/mol. The van der Waals surface area contributed by atoms with Gasteiger partial charge in [0.2, 0.25) is 0 Å². The van der Waals surface area contributed by atoms with Gasteiger partial charge in [0.1, 0.15) is 0 Å². The smallest absolute Gasteiger partial charge is 0.0120 e. The molecule has 2 aliphatic rings. The predicted octanol–water partition coefficient (Wildman–Crippen LogP) is 12.2. The average molecular weight is 523 g/mol. The highest BCUT2D eigenvalue weighted by molar-refractivity contribution is 5.29. The number of rotatable bonds is 15. The van der Waals surface area contributed by atoms with Crippen molar-refractivity contribution in [3.63, 3.8) is 0 Å². The van der Waals surface area contributed by atoms with Crippen LogP contribution in [0.4, 0.5) is 0 Å². The number of allylic oxidation sites excluding steroid dienone is 4. The molecule has 218 valence electrons. The van der Waals surface area contributed by atoms with E-state index in [9.17, 15) is 0 Å². The van der Waals surface area contributed by atoms with Crippen LogP contribution in [0.2, 0.25) is 0 Å². The maximum atomic E-state index is 4.88. The fourth-order valence-electron chi connectivity index (χ4n) is 8.21. The minimum atomic E-state index is 0.173. The Kier molecular flexibility index (Phi) is 11.0. The topological polar surface area (TPSA) is 0 Å². The summed E-state index contributed by atoms with van der Waals surface area (Å²) in [5.41, 5.74) is 6.28. The van der Waals surface area contributed by atoms with Gasteiger partial charge in [-0.2, -0.15) is 0 Å². The summed E-state index contributed by atoms with van der Waals surface area (Å²) in [6.45, 7) is 44.9. The van der Waals surface area contributed by atoms with E-state index < -0.39 is 0 Å². The molecule has 0 amide bonds. The van der Waals surface area contributed by atoms with Gasteiger partial charge in [0, 0.05) is 0 Å². The lowest BCUT2D eigenvalue weighted by Crippen LogP contribution is -2.30. The molecule has 0 heteroatoms. The lowest BCUT2D eigenvalue weighted by molar-refractivity contribution is 0.188. The van der Waals surface area contributed by atoms with Crippen LogP contribution < -0.4 is 0 Å². The molecule has 0 nitrogen and oxygen atoms in total. The van der Waals surface area contributed by atoms with E-state index in [-0.39, 0.29) is 5.41 Å². The molecule has 0 bridgehead atoms. The van der Waals surface area contributed by atoms with Crippen LogP contribution in [0, 0.1) is 57.7 Å². The largest absolute Gasteiger partial charge is 0.0998 e. The van der Waals surface area contributed by atoms with Gasteiger partial charge in [-0.1, -0.05) is 144 Å². The minimum absolute atomic E-state index is 0.173. The average Bonchev–Trinajstić information content (AvgIpc) is 3.31. The molecule has 0 heterocycles. The van der Waals surface area contributed by atoms with E-state index in [0.717, 1.165) is 37.0 Å². The highest BCUT2D eigenvalue weighted by Crippen LogP contribution is 2.67.